The zero-order valence-electron chi connectivity index (χ0n) is 30.8. The Bertz CT molecular complexity index is 2210. The van der Waals surface area contributed by atoms with Gasteiger partial charge in [-0.2, -0.15) is 0 Å². The number of nitrogens with zero attached hydrogens (tertiary/aromatic N) is 7. The molecule has 5 aliphatic heterocycles. The number of amides is 5. The van der Waals surface area contributed by atoms with Crippen molar-refractivity contribution in [3.8, 4) is 5.75 Å². The van der Waals surface area contributed by atoms with Crippen LogP contribution in [0.4, 0.5) is 21.6 Å². The molecule has 4 saturated heterocycles. The number of piperidine rings is 1. The number of ether oxygens (including phenoxy) is 1. The number of nitrogens with one attached hydrogen (secondary N) is 2. The number of benzene rings is 2. The van der Waals surface area contributed by atoms with Crippen molar-refractivity contribution in [1.82, 2.24) is 30.6 Å². The molecule has 1 saturated carbocycles. The van der Waals surface area contributed by atoms with E-state index in [9.17, 15) is 24.0 Å². The molecule has 3 atom stereocenters. The standard InChI is InChI=1S/C40H39ClFN9O6/c1-43-31-7-6-26(12-29(31)41)57-25-4-2-23(3-5-25)44-37(53)32-8-10-35(47-46-32)50-19-24(20-50)48-15-21-17-49(18-22(21)16-48)34-14-28-27(13-30(34)42)39(55)51(40(28)56)33-9-11-36(52)45-38(33)54/h6-8,10,12-14,21-25,33H,2-5,9,11,15-20H2,(H,44,53)(H,45,52,54). The molecule has 2 aromatic carbocycles. The van der Waals surface area contributed by atoms with Crippen LogP contribution in [0.1, 0.15) is 69.7 Å². The Morgan fingerprint density at radius 1 is 0.877 bits per heavy atom. The Balaban J connectivity index is 0.730. The van der Waals surface area contributed by atoms with E-state index >= 15 is 4.39 Å². The summed E-state index contributed by atoms with van der Waals surface area (Å²) in [5.41, 5.74) is 0.938. The van der Waals surface area contributed by atoms with Gasteiger partial charge < -0.3 is 19.9 Å². The van der Waals surface area contributed by atoms with E-state index < -0.39 is 35.5 Å². The Kier molecular flexibility index (Phi) is 9.52. The number of hydrogen-bond donors (Lipinski definition) is 2. The monoisotopic (exact) mass is 795 g/mol. The lowest BCUT2D eigenvalue weighted by Crippen LogP contribution is -2.59. The summed E-state index contributed by atoms with van der Waals surface area (Å²) in [6, 6.07) is 10.4. The maximum Gasteiger partial charge on any atom is 0.272 e. The average Bonchev–Trinajstić information content (AvgIpc) is 3.82. The maximum atomic E-state index is 15.5. The van der Waals surface area contributed by atoms with Crippen molar-refractivity contribution in [1.29, 1.82) is 0 Å². The normalized spacial score (nSPS) is 26.2. The van der Waals surface area contributed by atoms with Crippen LogP contribution in [0.2, 0.25) is 5.02 Å². The lowest BCUT2D eigenvalue weighted by atomic mass is 9.93. The third-order valence-electron chi connectivity index (χ3n) is 12.3. The van der Waals surface area contributed by atoms with Crippen molar-refractivity contribution in [3.05, 3.63) is 81.5 Å². The van der Waals surface area contributed by atoms with Crippen LogP contribution in [0.25, 0.3) is 4.85 Å². The molecule has 9 rings (SSSR count). The predicted octanol–water partition coefficient (Wildman–Crippen LogP) is 3.60. The van der Waals surface area contributed by atoms with Gasteiger partial charge in [0.1, 0.15) is 17.6 Å². The van der Waals surface area contributed by atoms with Gasteiger partial charge in [-0.1, -0.05) is 17.7 Å². The van der Waals surface area contributed by atoms with Gasteiger partial charge in [0, 0.05) is 57.8 Å². The number of fused-ring (bicyclic) bond motifs is 2. The second kappa shape index (κ2) is 14.7. The molecule has 57 heavy (non-hydrogen) atoms. The first-order chi connectivity index (χ1) is 27.5. The van der Waals surface area contributed by atoms with E-state index in [2.05, 4.69) is 35.5 Å². The molecule has 17 heteroatoms. The lowest BCUT2D eigenvalue weighted by Gasteiger charge is -2.45. The number of anilines is 2. The largest absolute Gasteiger partial charge is 0.490 e. The van der Waals surface area contributed by atoms with Crippen molar-refractivity contribution >= 4 is 58.3 Å². The van der Waals surface area contributed by atoms with Gasteiger partial charge in [0.2, 0.25) is 17.5 Å². The van der Waals surface area contributed by atoms with E-state index in [1.54, 1.807) is 24.3 Å². The van der Waals surface area contributed by atoms with Crippen molar-refractivity contribution in [2.24, 2.45) is 11.8 Å². The van der Waals surface area contributed by atoms with Crippen molar-refractivity contribution < 1.29 is 33.1 Å². The van der Waals surface area contributed by atoms with E-state index in [0.29, 0.717) is 53.2 Å². The van der Waals surface area contributed by atoms with Gasteiger partial charge in [0.25, 0.3) is 17.7 Å². The quantitative estimate of drug-likeness (QED) is 0.253. The summed E-state index contributed by atoms with van der Waals surface area (Å²) in [5.74, 6) is -1.40. The fourth-order valence-electron chi connectivity index (χ4n) is 9.16. The minimum absolute atomic E-state index is 0.00684. The Hall–Kier alpha value is -5.66. The minimum Gasteiger partial charge on any atom is -0.490 e. The Labute approximate surface area is 332 Å². The SMILES string of the molecule is [C-]#[N+]c1ccc(OC2CCC(NC(=O)c3ccc(N4CC(N5CC6CN(c7cc8c(cc7F)C(=O)N(C7CCC(=O)NC7=O)C8=O)CC6C5)C4)nn3)CC2)cc1Cl. The molecular formula is C40H39ClFN9O6. The maximum absolute atomic E-state index is 15.5. The molecule has 15 nitrogen and oxygen atoms in total. The highest BCUT2D eigenvalue weighted by Crippen LogP contribution is 2.40. The summed E-state index contributed by atoms with van der Waals surface area (Å²) in [6.45, 7) is 11.7. The summed E-state index contributed by atoms with van der Waals surface area (Å²) < 4.78 is 21.6. The van der Waals surface area contributed by atoms with Gasteiger partial charge in [0.15, 0.2) is 11.5 Å². The van der Waals surface area contributed by atoms with Gasteiger partial charge in [-0.25, -0.2) is 9.24 Å². The molecular weight excluding hydrogens is 757 g/mol. The molecule has 1 aromatic heterocycles. The number of imide groups is 2. The van der Waals surface area contributed by atoms with Crippen LogP contribution >= 0.6 is 11.6 Å². The first-order valence-corrected chi connectivity index (χ1v) is 19.7. The number of carbonyl (C=O) groups is 5. The molecule has 3 unspecified atom stereocenters. The lowest BCUT2D eigenvalue weighted by molar-refractivity contribution is -0.136. The Morgan fingerprint density at radius 2 is 1.60 bits per heavy atom. The highest BCUT2D eigenvalue weighted by Gasteiger charge is 2.48. The van der Waals surface area contributed by atoms with E-state index in [0.717, 1.165) is 62.8 Å². The number of hydrogen-bond acceptors (Lipinski definition) is 11. The molecule has 294 valence electrons. The van der Waals surface area contributed by atoms with Crippen LogP contribution in [-0.2, 0) is 9.59 Å². The molecule has 3 aromatic rings. The van der Waals surface area contributed by atoms with Gasteiger partial charge in [-0.3, -0.25) is 39.1 Å². The Morgan fingerprint density at radius 3 is 2.25 bits per heavy atom. The fraction of sp³-hybridized carbons (Fsp3) is 0.450. The third kappa shape index (κ3) is 6.92. The molecule has 6 aliphatic rings. The molecule has 0 spiro atoms. The van der Waals surface area contributed by atoms with Gasteiger partial charge >= 0.3 is 0 Å². The third-order valence-corrected chi connectivity index (χ3v) is 12.6. The zero-order chi connectivity index (χ0) is 39.5. The van der Waals surface area contributed by atoms with Crippen LogP contribution in [-0.4, -0.2) is 113 Å². The minimum atomic E-state index is -1.10. The first kappa shape index (κ1) is 36.9. The van der Waals surface area contributed by atoms with Gasteiger partial charge in [-0.05, 0) is 80.3 Å². The van der Waals surface area contributed by atoms with Crippen molar-refractivity contribution in [3.63, 3.8) is 0 Å². The van der Waals surface area contributed by atoms with Crippen LogP contribution in [0, 0.1) is 24.2 Å². The highest BCUT2D eigenvalue weighted by atomic mass is 35.5. The van der Waals surface area contributed by atoms with E-state index in [1.165, 1.54) is 6.07 Å². The number of halogens is 2. The average molecular weight is 796 g/mol. The van der Waals surface area contributed by atoms with Crippen molar-refractivity contribution in [2.45, 2.75) is 62.8 Å². The summed E-state index contributed by atoms with van der Waals surface area (Å²) >= 11 is 6.14. The van der Waals surface area contributed by atoms with Crippen LogP contribution in [0.15, 0.2) is 42.5 Å². The van der Waals surface area contributed by atoms with Gasteiger partial charge in [0.05, 0.1) is 34.5 Å². The number of carbonyl (C=O) groups excluding carboxylic acids is 5. The van der Waals surface area contributed by atoms with E-state index in [4.69, 9.17) is 22.9 Å². The molecule has 0 radical (unpaired) electrons. The molecule has 5 amide bonds. The fourth-order valence-corrected chi connectivity index (χ4v) is 9.38. The van der Waals surface area contributed by atoms with E-state index in [1.807, 2.05) is 11.0 Å². The number of aromatic nitrogens is 2. The first-order valence-electron chi connectivity index (χ1n) is 19.3. The van der Waals surface area contributed by atoms with Crippen LogP contribution in [0.5, 0.6) is 5.75 Å². The topological polar surface area (TPSA) is 162 Å². The number of rotatable bonds is 8. The summed E-state index contributed by atoms with van der Waals surface area (Å²) in [7, 11) is 0. The van der Waals surface area contributed by atoms with Crippen molar-refractivity contribution in [2.75, 3.05) is 49.1 Å². The molecule has 5 fully saturated rings. The van der Waals surface area contributed by atoms with E-state index in [-0.39, 0.29) is 53.4 Å². The molecule has 0 bridgehead atoms. The highest BCUT2D eigenvalue weighted by molar-refractivity contribution is 6.33. The second-order valence-electron chi connectivity index (χ2n) is 15.8. The summed E-state index contributed by atoms with van der Waals surface area (Å²) in [4.78, 5) is 74.3. The molecule has 6 heterocycles. The summed E-state index contributed by atoms with van der Waals surface area (Å²) in [5, 5.41) is 14.2. The summed E-state index contributed by atoms with van der Waals surface area (Å²) in [6.07, 6.45) is 3.14. The molecule has 2 N–H and O–H groups in total. The number of likely N-dealkylation sites (tertiary alicyclic amines) is 1. The van der Waals surface area contributed by atoms with Gasteiger partial charge in [-0.15, -0.1) is 10.2 Å². The zero-order valence-corrected chi connectivity index (χ0v) is 31.6. The smallest absolute Gasteiger partial charge is 0.272 e. The second-order valence-corrected chi connectivity index (χ2v) is 16.2. The molecule has 1 aliphatic carbocycles. The van der Waals surface area contributed by atoms with Crippen LogP contribution < -0.4 is 25.2 Å². The predicted molar refractivity (Wildman–Crippen MR) is 204 cm³/mol. The van der Waals surface area contributed by atoms with Crippen LogP contribution in [0.3, 0.4) is 0 Å².